The highest BCUT2D eigenvalue weighted by Gasteiger charge is 2.30. The van der Waals surface area contributed by atoms with Gasteiger partial charge in [0.05, 0.1) is 22.9 Å². The Labute approximate surface area is 170 Å². The van der Waals surface area contributed by atoms with Gasteiger partial charge in [0.1, 0.15) is 6.04 Å². The Morgan fingerprint density at radius 2 is 1.76 bits per heavy atom. The molecule has 0 aromatic heterocycles. The van der Waals surface area contributed by atoms with Crippen LogP contribution in [0.2, 0.25) is 0 Å². The second-order valence-electron chi connectivity index (χ2n) is 7.09. The van der Waals surface area contributed by atoms with Crippen LogP contribution in [0.5, 0.6) is 0 Å². The Bertz CT molecular complexity index is 1040. The first-order valence-electron chi connectivity index (χ1n) is 9.03. The minimum Gasteiger partial charge on any atom is -0.348 e. The molecule has 0 saturated carbocycles. The molecule has 1 N–H and O–H groups in total. The Morgan fingerprint density at radius 3 is 2.31 bits per heavy atom. The van der Waals surface area contributed by atoms with Gasteiger partial charge in [-0.15, -0.1) is 0 Å². The van der Waals surface area contributed by atoms with E-state index >= 15 is 0 Å². The summed E-state index contributed by atoms with van der Waals surface area (Å²) in [5, 5.41) is 13.9. The summed E-state index contributed by atoms with van der Waals surface area (Å²) < 4.78 is 25.6. The molecule has 2 aromatic carbocycles. The fraction of sp³-hybridized carbons (Fsp3) is 0.350. The summed E-state index contributed by atoms with van der Waals surface area (Å²) in [5.74, 6) is -0.507. The Morgan fingerprint density at radius 1 is 1.10 bits per heavy atom. The quantitative estimate of drug-likeness (QED) is 0.547. The van der Waals surface area contributed by atoms with Gasteiger partial charge < -0.3 is 5.32 Å². The molecular formula is C20H25N3O5S. The average Bonchev–Trinajstić information content (AvgIpc) is 2.63. The fourth-order valence-corrected chi connectivity index (χ4v) is 4.17. The molecular weight excluding hydrogens is 394 g/mol. The zero-order chi connectivity index (χ0) is 21.9. The van der Waals surface area contributed by atoms with Crippen LogP contribution < -0.4 is 9.62 Å². The van der Waals surface area contributed by atoms with E-state index in [-0.39, 0.29) is 17.4 Å². The van der Waals surface area contributed by atoms with Crippen molar-refractivity contribution in [1.82, 2.24) is 5.32 Å². The normalized spacial score (nSPS) is 13.4. The fourth-order valence-electron chi connectivity index (χ4n) is 3.00. The van der Waals surface area contributed by atoms with E-state index in [0.29, 0.717) is 0 Å². The highest BCUT2D eigenvalue weighted by atomic mass is 32.2. The van der Waals surface area contributed by atoms with Crippen LogP contribution in [-0.4, -0.2) is 31.5 Å². The van der Waals surface area contributed by atoms with E-state index in [9.17, 15) is 23.3 Å². The summed E-state index contributed by atoms with van der Waals surface area (Å²) in [6.07, 6.45) is 0.961. The lowest BCUT2D eigenvalue weighted by molar-refractivity contribution is -0.384. The van der Waals surface area contributed by atoms with Gasteiger partial charge in [-0.05, 0) is 50.5 Å². The average molecular weight is 420 g/mol. The number of benzene rings is 2. The highest BCUT2D eigenvalue weighted by Crippen LogP contribution is 2.26. The monoisotopic (exact) mass is 419 g/mol. The predicted molar refractivity (Wildman–Crippen MR) is 112 cm³/mol. The van der Waals surface area contributed by atoms with Gasteiger partial charge in [0.15, 0.2) is 0 Å². The molecule has 0 saturated heterocycles. The van der Waals surface area contributed by atoms with Crippen molar-refractivity contribution >= 4 is 27.3 Å². The summed E-state index contributed by atoms with van der Waals surface area (Å²) in [4.78, 5) is 23.2. The standard InChI is InChI=1S/C20H25N3O5S/c1-13-9-10-17(11-14(13)2)15(3)21-20(24)16(4)22(29(5,27)28)18-7-6-8-19(12-18)23(25)26/h6-12,15-16H,1-5H3,(H,21,24)/t15-,16-/m1/s1. The molecule has 0 fully saturated rings. The second kappa shape index (κ2) is 8.60. The number of carbonyl (C=O) groups is 1. The van der Waals surface area contributed by atoms with E-state index in [1.54, 1.807) is 0 Å². The molecule has 0 bridgehead atoms. The largest absolute Gasteiger partial charge is 0.348 e. The molecule has 0 radical (unpaired) electrons. The number of nitrogens with one attached hydrogen (secondary N) is 1. The number of non-ortho nitro benzene ring substituents is 1. The zero-order valence-electron chi connectivity index (χ0n) is 17.0. The van der Waals surface area contributed by atoms with Gasteiger partial charge in [-0.25, -0.2) is 8.42 Å². The van der Waals surface area contributed by atoms with Crippen LogP contribution in [0, 0.1) is 24.0 Å². The van der Waals surface area contributed by atoms with Crippen LogP contribution in [0.3, 0.4) is 0 Å². The molecule has 1 amide bonds. The first kappa shape index (κ1) is 22.4. The van der Waals surface area contributed by atoms with Gasteiger partial charge in [0.25, 0.3) is 5.69 Å². The van der Waals surface area contributed by atoms with Crippen molar-refractivity contribution in [3.8, 4) is 0 Å². The van der Waals surface area contributed by atoms with E-state index in [0.717, 1.165) is 33.3 Å². The van der Waals surface area contributed by atoms with Gasteiger partial charge in [-0.3, -0.25) is 19.2 Å². The Kier molecular flexibility index (Phi) is 6.63. The van der Waals surface area contributed by atoms with Crippen molar-refractivity contribution < 1.29 is 18.1 Å². The lowest BCUT2D eigenvalue weighted by Gasteiger charge is -2.29. The molecule has 2 aromatic rings. The molecule has 0 aliphatic rings. The zero-order valence-corrected chi connectivity index (χ0v) is 17.9. The topological polar surface area (TPSA) is 110 Å². The van der Waals surface area contributed by atoms with Crippen molar-refractivity contribution in [3.63, 3.8) is 0 Å². The Balaban J connectivity index is 2.30. The van der Waals surface area contributed by atoms with E-state index in [4.69, 9.17) is 0 Å². The highest BCUT2D eigenvalue weighted by molar-refractivity contribution is 7.92. The minimum atomic E-state index is -3.87. The SMILES string of the molecule is Cc1ccc([C@@H](C)NC(=O)[C@@H](C)N(c2cccc([N+](=O)[O-])c2)S(C)(=O)=O)cc1C. The smallest absolute Gasteiger partial charge is 0.271 e. The van der Waals surface area contributed by atoms with E-state index in [2.05, 4.69) is 5.32 Å². The molecule has 0 aliphatic carbocycles. The molecule has 2 atom stereocenters. The maximum absolute atomic E-state index is 12.8. The van der Waals surface area contributed by atoms with Crippen LogP contribution in [0.25, 0.3) is 0 Å². The molecule has 0 aliphatic heterocycles. The van der Waals surface area contributed by atoms with Crippen LogP contribution in [0.1, 0.15) is 36.6 Å². The number of nitro groups is 1. The number of nitro benzene ring substituents is 1. The van der Waals surface area contributed by atoms with E-state index < -0.39 is 26.9 Å². The molecule has 0 spiro atoms. The number of aryl methyl sites for hydroxylation is 2. The van der Waals surface area contributed by atoms with Gasteiger partial charge in [-0.2, -0.15) is 0 Å². The molecule has 9 heteroatoms. The van der Waals surface area contributed by atoms with Crippen LogP contribution in [0.4, 0.5) is 11.4 Å². The lowest BCUT2D eigenvalue weighted by Crippen LogP contribution is -2.48. The third-order valence-electron chi connectivity index (χ3n) is 4.77. The predicted octanol–water partition coefficient (Wildman–Crippen LogP) is 3.24. The number of hydrogen-bond donors (Lipinski definition) is 1. The lowest BCUT2D eigenvalue weighted by atomic mass is 10.0. The minimum absolute atomic E-state index is 0.0585. The number of amides is 1. The molecule has 0 heterocycles. The summed E-state index contributed by atoms with van der Waals surface area (Å²) >= 11 is 0. The van der Waals surface area contributed by atoms with Crippen LogP contribution >= 0.6 is 0 Å². The van der Waals surface area contributed by atoms with Gasteiger partial charge in [-0.1, -0.05) is 24.3 Å². The maximum atomic E-state index is 12.8. The number of anilines is 1. The second-order valence-corrected chi connectivity index (χ2v) is 8.95. The van der Waals surface area contributed by atoms with E-state index in [1.807, 2.05) is 39.0 Å². The first-order chi connectivity index (χ1) is 13.4. The van der Waals surface area contributed by atoms with Crippen LogP contribution in [-0.2, 0) is 14.8 Å². The van der Waals surface area contributed by atoms with Crippen LogP contribution in [0.15, 0.2) is 42.5 Å². The number of carbonyl (C=O) groups excluding carboxylic acids is 1. The van der Waals surface area contributed by atoms with Gasteiger partial charge in [0.2, 0.25) is 15.9 Å². The number of rotatable bonds is 7. The molecule has 156 valence electrons. The van der Waals surface area contributed by atoms with Crippen molar-refractivity contribution in [2.24, 2.45) is 0 Å². The molecule has 29 heavy (non-hydrogen) atoms. The summed E-state index contributed by atoms with van der Waals surface area (Å²) in [5.41, 5.74) is 2.92. The van der Waals surface area contributed by atoms with Crippen molar-refractivity contribution in [1.29, 1.82) is 0 Å². The maximum Gasteiger partial charge on any atom is 0.271 e. The third-order valence-corrected chi connectivity index (χ3v) is 6.01. The number of nitrogens with zero attached hydrogens (tertiary/aromatic N) is 2. The molecule has 0 unspecified atom stereocenters. The first-order valence-corrected chi connectivity index (χ1v) is 10.9. The summed E-state index contributed by atoms with van der Waals surface area (Å²) in [6, 6.07) is 9.61. The van der Waals surface area contributed by atoms with Crippen molar-refractivity contribution in [2.75, 3.05) is 10.6 Å². The summed E-state index contributed by atoms with van der Waals surface area (Å²) in [6.45, 7) is 7.23. The van der Waals surface area contributed by atoms with Crippen molar-refractivity contribution in [2.45, 2.75) is 39.8 Å². The van der Waals surface area contributed by atoms with Gasteiger partial charge >= 0.3 is 0 Å². The van der Waals surface area contributed by atoms with Gasteiger partial charge in [0, 0.05) is 12.1 Å². The third kappa shape index (κ3) is 5.32. The van der Waals surface area contributed by atoms with Crippen molar-refractivity contribution in [3.05, 3.63) is 69.3 Å². The summed E-state index contributed by atoms with van der Waals surface area (Å²) in [7, 11) is -3.87. The molecule has 2 rings (SSSR count). The number of hydrogen-bond acceptors (Lipinski definition) is 5. The number of sulfonamides is 1. The molecule has 8 nitrogen and oxygen atoms in total. The Hall–Kier alpha value is -2.94. The van der Waals surface area contributed by atoms with E-state index in [1.165, 1.54) is 25.1 Å².